The summed E-state index contributed by atoms with van der Waals surface area (Å²) in [6, 6.07) is 13.4. The van der Waals surface area contributed by atoms with Crippen molar-refractivity contribution in [2.75, 3.05) is 6.61 Å². The number of nitrogens with two attached hydrogens (primary N) is 1. The van der Waals surface area contributed by atoms with Crippen LogP contribution < -0.4 is 16.0 Å². The lowest BCUT2D eigenvalue weighted by molar-refractivity contribution is 0.339. The fourth-order valence-corrected chi connectivity index (χ4v) is 2.83. The summed E-state index contributed by atoms with van der Waals surface area (Å²) in [4.78, 5) is 0. The van der Waals surface area contributed by atoms with Crippen molar-refractivity contribution in [1.29, 1.82) is 0 Å². The molecule has 0 saturated heterocycles. The Hall–Kier alpha value is -1.07. The van der Waals surface area contributed by atoms with E-state index in [-0.39, 0.29) is 6.04 Å². The van der Waals surface area contributed by atoms with Crippen LogP contribution in [-0.4, -0.2) is 6.61 Å². The molecular weight excluding hydrogens is 340 g/mol. The molecule has 0 aliphatic heterocycles. The summed E-state index contributed by atoms with van der Waals surface area (Å²) in [7, 11) is 0. The lowest BCUT2D eigenvalue weighted by Crippen LogP contribution is -2.29. The van der Waals surface area contributed by atoms with Crippen LogP contribution in [0, 0.1) is 0 Å². The monoisotopic (exact) mass is 354 g/mol. The molecule has 0 amide bonds. The summed E-state index contributed by atoms with van der Waals surface area (Å²) in [6.07, 6.45) is 0. The molecule has 3 nitrogen and oxygen atoms in total. The summed E-state index contributed by atoms with van der Waals surface area (Å²) < 4.78 is 6.45. The molecule has 0 aromatic heterocycles. The third kappa shape index (κ3) is 3.52. The maximum Gasteiger partial charge on any atom is 0.119 e. The van der Waals surface area contributed by atoms with Gasteiger partial charge in [-0.3, -0.25) is 5.84 Å². The SMILES string of the molecule is CCOc1cccc(C(NN)c2ccc(Br)cc2Cl)c1. The van der Waals surface area contributed by atoms with E-state index in [9.17, 15) is 0 Å². The molecule has 0 saturated carbocycles. The number of benzene rings is 2. The van der Waals surface area contributed by atoms with E-state index in [0.29, 0.717) is 11.6 Å². The van der Waals surface area contributed by atoms with E-state index >= 15 is 0 Å². The van der Waals surface area contributed by atoms with Gasteiger partial charge in [-0.25, -0.2) is 5.43 Å². The Labute approximate surface area is 132 Å². The zero-order valence-corrected chi connectivity index (χ0v) is 13.4. The first-order chi connectivity index (χ1) is 9.65. The van der Waals surface area contributed by atoms with Crippen LogP contribution >= 0.6 is 27.5 Å². The molecule has 3 N–H and O–H groups in total. The standard InChI is InChI=1S/C15H16BrClN2O/c1-2-20-12-5-3-4-10(8-12)15(19-18)13-7-6-11(16)9-14(13)17/h3-9,15,19H,2,18H2,1H3. The van der Waals surface area contributed by atoms with Gasteiger partial charge in [0.15, 0.2) is 0 Å². The van der Waals surface area contributed by atoms with Crippen molar-refractivity contribution in [2.24, 2.45) is 5.84 Å². The second-order valence-electron chi connectivity index (χ2n) is 4.27. The maximum atomic E-state index is 6.30. The van der Waals surface area contributed by atoms with E-state index < -0.39 is 0 Å². The normalized spacial score (nSPS) is 12.2. The van der Waals surface area contributed by atoms with E-state index in [1.165, 1.54) is 0 Å². The average Bonchev–Trinajstić information content (AvgIpc) is 2.43. The summed E-state index contributed by atoms with van der Waals surface area (Å²) in [6.45, 7) is 2.58. The Morgan fingerprint density at radius 3 is 2.75 bits per heavy atom. The van der Waals surface area contributed by atoms with Gasteiger partial charge in [0.05, 0.1) is 12.6 Å². The first-order valence-electron chi connectivity index (χ1n) is 6.29. The second kappa shape index (κ2) is 7.09. The summed E-state index contributed by atoms with van der Waals surface area (Å²) in [5, 5.41) is 0.657. The van der Waals surface area contributed by atoms with E-state index in [1.807, 2.05) is 49.4 Å². The van der Waals surface area contributed by atoms with Crippen molar-refractivity contribution in [3.63, 3.8) is 0 Å². The van der Waals surface area contributed by atoms with Gasteiger partial charge in [-0.05, 0) is 42.3 Å². The average molecular weight is 356 g/mol. The van der Waals surface area contributed by atoms with E-state index in [4.69, 9.17) is 22.2 Å². The Morgan fingerprint density at radius 1 is 1.30 bits per heavy atom. The van der Waals surface area contributed by atoms with Gasteiger partial charge in [0.2, 0.25) is 0 Å². The van der Waals surface area contributed by atoms with Crippen molar-refractivity contribution < 1.29 is 4.74 Å². The van der Waals surface area contributed by atoms with Crippen molar-refractivity contribution in [3.8, 4) is 5.75 Å². The predicted molar refractivity (Wildman–Crippen MR) is 85.9 cm³/mol. The van der Waals surface area contributed by atoms with Gasteiger partial charge < -0.3 is 4.74 Å². The highest BCUT2D eigenvalue weighted by atomic mass is 79.9. The van der Waals surface area contributed by atoms with E-state index in [1.54, 1.807) is 0 Å². The van der Waals surface area contributed by atoms with Gasteiger partial charge >= 0.3 is 0 Å². The molecule has 0 bridgehead atoms. The minimum Gasteiger partial charge on any atom is -0.494 e. The third-order valence-electron chi connectivity index (χ3n) is 2.94. The predicted octanol–water partition coefficient (Wildman–Crippen LogP) is 4.05. The fourth-order valence-electron chi connectivity index (χ4n) is 2.05. The summed E-state index contributed by atoms with van der Waals surface area (Å²) in [5.74, 6) is 6.52. The molecule has 20 heavy (non-hydrogen) atoms. The highest BCUT2D eigenvalue weighted by Crippen LogP contribution is 2.31. The van der Waals surface area contributed by atoms with Crippen molar-refractivity contribution in [3.05, 3.63) is 63.1 Å². The topological polar surface area (TPSA) is 47.3 Å². The van der Waals surface area contributed by atoms with Crippen molar-refractivity contribution in [1.82, 2.24) is 5.43 Å². The third-order valence-corrected chi connectivity index (χ3v) is 3.76. The largest absolute Gasteiger partial charge is 0.494 e. The Bertz CT molecular complexity index is 592. The quantitative estimate of drug-likeness (QED) is 0.628. The lowest BCUT2D eigenvalue weighted by Gasteiger charge is -2.19. The van der Waals surface area contributed by atoms with Crippen LogP contribution in [0.3, 0.4) is 0 Å². The van der Waals surface area contributed by atoms with Gasteiger partial charge in [-0.1, -0.05) is 45.7 Å². The Morgan fingerprint density at radius 2 is 2.10 bits per heavy atom. The van der Waals surface area contributed by atoms with Crippen LogP contribution in [0.25, 0.3) is 0 Å². The molecule has 0 spiro atoms. The highest BCUT2D eigenvalue weighted by molar-refractivity contribution is 9.10. The van der Waals surface area contributed by atoms with Gasteiger partial charge in [0, 0.05) is 9.50 Å². The van der Waals surface area contributed by atoms with Gasteiger partial charge in [-0.2, -0.15) is 0 Å². The van der Waals surface area contributed by atoms with E-state index in [2.05, 4.69) is 21.4 Å². The van der Waals surface area contributed by atoms with Crippen LogP contribution in [0.4, 0.5) is 0 Å². The molecular formula is C15H16BrClN2O. The first kappa shape index (κ1) is 15.3. The molecule has 0 aliphatic rings. The van der Waals surface area contributed by atoms with Gasteiger partial charge in [0.25, 0.3) is 0 Å². The number of hydrogen-bond acceptors (Lipinski definition) is 3. The molecule has 106 valence electrons. The molecule has 2 rings (SSSR count). The Kier molecular flexibility index (Phi) is 5.43. The zero-order valence-electron chi connectivity index (χ0n) is 11.1. The molecule has 1 unspecified atom stereocenters. The maximum absolute atomic E-state index is 6.30. The number of hydrogen-bond donors (Lipinski definition) is 2. The second-order valence-corrected chi connectivity index (χ2v) is 5.59. The lowest BCUT2D eigenvalue weighted by atomic mass is 9.99. The smallest absolute Gasteiger partial charge is 0.119 e. The van der Waals surface area contributed by atoms with Crippen LogP contribution in [0.1, 0.15) is 24.1 Å². The first-order valence-corrected chi connectivity index (χ1v) is 7.46. The summed E-state index contributed by atoms with van der Waals surface area (Å²) in [5.41, 5.74) is 4.73. The molecule has 0 fully saturated rings. The van der Waals surface area contributed by atoms with Crippen molar-refractivity contribution in [2.45, 2.75) is 13.0 Å². The Balaban J connectivity index is 2.38. The van der Waals surface area contributed by atoms with Crippen LogP contribution in [0.15, 0.2) is 46.9 Å². The van der Waals surface area contributed by atoms with Gasteiger partial charge in [-0.15, -0.1) is 0 Å². The van der Waals surface area contributed by atoms with Crippen molar-refractivity contribution >= 4 is 27.5 Å². The van der Waals surface area contributed by atoms with Crippen LogP contribution in [0.5, 0.6) is 5.75 Å². The number of rotatable bonds is 5. The summed E-state index contributed by atoms with van der Waals surface area (Å²) >= 11 is 9.70. The number of hydrazine groups is 1. The minimum atomic E-state index is -0.184. The number of nitrogens with one attached hydrogen (secondary N) is 1. The molecule has 1 atom stereocenters. The molecule has 0 heterocycles. The van der Waals surface area contributed by atoms with Crippen LogP contribution in [0.2, 0.25) is 5.02 Å². The number of halogens is 2. The molecule has 2 aromatic rings. The van der Waals surface area contributed by atoms with Crippen LogP contribution in [-0.2, 0) is 0 Å². The molecule has 2 aromatic carbocycles. The van der Waals surface area contributed by atoms with E-state index in [0.717, 1.165) is 21.3 Å². The molecule has 0 aliphatic carbocycles. The highest BCUT2D eigenvalue weighted by Gasteiger charge is 2.16. The zero-order chi connectivity index (χ0) is 14.5. The molecule has 0 radical (unpaired) electrons. The van der Waals surface area contributed by atoms with Gasteiger partial charge in [0.1, 0.15) is 5.75 Å². The fraction of sp³-hybridized carbons (Fsp3) is 0.200. The minimum absolute atomic E-state index is 0.184. The molecule has 5 heteroatoms. The number of ether oxygens (including phenoxy) is 1.